The van der Waals surface area contributed by atoms with Gasteiger partial charge in [0.2, 0.25) is 11.2 Å². The van der Waals surface area contributed by atoms with Crippen molar-refractivity contribution in [2.45, 2.75) is 33.1 Å². The third kappa shape index (κ3) is 3.44. The molecule has 0 saturated carbocycles. The Morgan fingerprint density at radius 3 is 2.68 bits per heavy atom. The summed E-state index contributed by atoms with van der Waals surface area (Å²) in [7, 11) is 0. The quantitative estimate of drug-likeness (QED) is 0.756. The fourth-order valence-corrected chi connectivity index (χ4v) is 2.09. The molecule has 1 unspecified atom stereocenters. The second-order valence-electron chi connectivity index (χ2n) is 4.57. The van der Waals surface area contributed by atoms with E-state index in [1.54, 1.807) is 6.07 Å². The van der Waals surface area contributed by atoms with Crippen molar-refractivity contribution in [3.05, 3.63) is 46.9 Å². The molecule has 0 N–H and O–H groups in total. The van der Waals surface area contributed by atoms with Crippen molar-refractivity contribution < 1.29 is 4.74 Å². The van der Waals surface area contributed by atoms with Crippen molar-refractivity contribution >= 4 is 11.6 Å². The van der Waals surface area contributed by atoms with Crippen LogP contribution in [0.1, 0.15) is 37.4 Å². The van der Waals surface area contributed by atoms with Crippen LogP contribution >= 0.6 is 11.6 Å². The number of nitrogens with zero attached hydrogens (tertiary/aromatic N) is 2. The monoisotopic (exact) mass is 276 g/mol. The molecule has 0 aliphatic carbocycles. The Morgan fingerprint density at radius 2 is 2.00 bits per heavy atom. The molecule has 1 aromatic carbocycles. The van der Waals surface area contributed by atoms with E-state index in [1.165, 1.54) is 5.56 Å². The van der Waals surface area contributed by atoms with Gasteiger partial charge in [0.1, 0.15) is 5.75 Å². The highest BCUT2D eigenvalue weighted by molar-refractivity contribution is 6.28. The molecular formula is C15H17ClN2O. The molecule has 0 aliphatic rings. The average molecular weight is 277 g/mol. The van der Waals surface area contributed by atoms with E-state index in [4.69, 9.17) is 16.3 Å². The first-order valence-electron chi connectivity index (χ1n) is 6.38. The fourth-order valence-electron chi connectivity index (χ4n) is 1.87. The largest absolute Gasteiger partial charge is 0.439 e. The Bertz CT molecular complexity index is 552. The van der Waals surface area contributed by atoms with E-state index in [2.05, 4.69) is 29.9 Å². The zero-order valence-electron chi connectivity index (χ0n) is 11.4. The number of hydrogen-bond acceptors (Lipinski definition) is 3. The maximum absolute atomic E-state index is 5.86. The number of para-hydroxylation sites is 1. The highest BCUT2D eigenvalue weighted by Crippen LogP contribution is 2.31. The van der Waals surface area contributed by atoms with E-state index in [1.807, 2.05) is 25.1 Å². The Balaban J connectivity index is 2.32. The molecule has 0 saturated heterocycles. The van der Waals surface area contributed by atoms with Gasteiger partial charge in [0.05, 0.1) is 0 Å². The van der Waals surface area contributed by atoms with Crippen LogP contribution < -0.4 is 4.74 Å². The smallest absolute Gasteiger partial charge is 0.225 e. The van der Waals surface area contributed by atoms with Crippen molar-refractivity contribution in [1.29, 1.82) is 0 Å². The predicted octanol–water partition coefficient (Wildman–Crippen LogP) is 4.74. The fraction of sp³-hybridized carbons (Fsp3) is 0.333. The third-order valence-electron chi connectivity index (χ3n) is 3.08. The molecule has 0 bridgehead atoms. The summed E-state index contributed by atoms with van der Waals surface area (Å²) < 4.78 is 5.86. The van der Waals surface area contributed by atoms with E-state index < -0.39 is 0 Å². The zero-order chi connectivity index (χ0) is 13.8. The average Bonchev–Trinajstić information content (AvgIpc) is 2.37. The van der Waals surface area contributed by atoms with E-state index in [-0.39, 0.29) is 5.28 Å². The molecule has 3 nitrogen and oxygen atoms in total. The third-order valence-corrected chi connectivity index (χ3v) is 3.25. The predicted molar refractivity (Wildman–Crippen MR) is 77.0 cm³/mol. The summed E-state index contributed by atoms with van der Waals surface area (Å²) in [6.45, 7) is 6.20. The number of hydrogen-bond donors (Lipinski definition) is 0. The van der Waals surface area contributed by atoms with Crippen LogP contribution in [0, 0.1) is 6.92 Å². The highest BCUT2D eigenvalue weighted by Gasteiger charge is 2.11. The molecule has 0 aliphatic heterocycles. The Morgan fingerprint density at radius 1 is 1.26 bits per heavy atom. The first-order chi connectivity index (χ1) is 9.10. The van der Waals surface area contributed by atoms with E-state index in [0.29, 0.717) is 11.8 Å². The molecule has 0 spiro atoms. The number of halogens is 1. The molecule has 2 rings (SSSR count). The van der Waals surface area contributed by atoms with Gasteiger partial charge in [-0.2, -0.15) is 4.98 Å². The topological polar surface area (TPSA) is 35.0 Å². The van der Waals surface area contributed by atoms with Crippen LogP contribution in [0.25, 0.3) is 0 Å². The van der Waals surface area contributed by atoms with Crippen LogP contribution in [0.4, 0.5) is 0 Å². The molecule has 19 heavy (non-hydrogen) atoms. The summed E-state index contributed by atoms with van der Waals surface area (Å²) in [4.78, 5) is 8.11. The van der Waals surface area contributed by atoms with Crippen molar-refractivity contribution in [2.75, 3.05) is 0 Å². The van der Waals surface area contributed by atoms with Gasteiger partial charge < -0.3 is 4.74 Å². The molecule has 1 aromatic heterocycles. The zero-order valence-corrected chi connectivity index (χ0v) is 12.1. The summed E-state index contributed by atoms with van der Waals surface area (Å²) in [5.74, 6) is 1.74. The van der Waals surface area contributed by atoms with Gasteiger partial charge in [-0.3, -0.25) is 0 Å². The molecule has 1 atom stereocenters. The minimum atomic E-state index is 0.205. The summed E-state index contributed by atoms with van der Waals surface area (Å²) in [5.41, 5.74) is 1.97. The summed E-state index contributed by atoms with van der Waals surface area (Å²) in [5, 5.41) is 0.205. The van der Waals surface area contributed by atoms with E-state index >= 15 is 0 Å². The lowest BCUT2D eigenvalue weighted by atomic mass is 9.98. The first kappa shape index (κ1) is 13.8. The van der Waals surface area contributed by atoms with Gasteiger partial charge in [0.25, 0.3) is 0 Å². The van der Waals surface area contributed by atoms with Crippen molar-refractivity contribution in [1.82, 2.24) is 9.97 Å². The maximum Gasteiger partial charge on any atom is 0.225 e. The molecule has 100 valence electrons. The lowest BCUT2D eigenvalue weighted by Gasteiger charge is -2.15. The van der Waals surface area contributed by atoms with Crippen molar-refractivity contribution in [3.8, 4) is 11.6 Å². The standard InChI is InChI=1S/C15H17ClN2O/c1-4-10(2)12-7-5-6-8-13(12)19-14-9-11(3)17-15(16)18-14/h5-10H,4H2,1-3H3. The Hall–Kier alpha value is -1.61. The number of ether oxygens (including phenoxy) is 1. The van der Waals surface area contributed by atoms with Gasteiger partial charge in [-0.25, -0.2) is 4.98 Å². The Kier molecular flexibility index (Phi) is 4.38. The van der Waals surface area contributed by atoms with E-state index in [9.17, 15) is 0 Å². The van der Waals surface area contributed by atoms with Crippen LogP contribution in [0.5, 0.6) is 11.6 Å². The van der Waals surface area contributed by atoms with Gasteiger partial charge in [-0.05, 0) is 42.5 Å². The minimum Gasteiger partial charge on any atom is -0.439 e. The summed E-state index contributed by atoms with van der Waals surface area (Å²) in [6, 6.07) is 9.79. The van der Waals surface area contributed by atoms with Crippen LogP contribution in [-0.4, -0.2) is 9.97 Å². The SMILES string of the molecule is CCC(C)c1ccccc1Oc1cc(C)nc(Cl)n1. The van der Waals surface area contributed by atoms with Crippen molar-refractivity contribution in [2.24, 2.45) is 0 Å². The van der Waals surface area contributed by atoms with Gasteiger partial charge in [-0.15, -0.1) is 0 Å². The van der Waals surface area contributed by atoms with Gasteiger partial charge in [0.15, 0.2) is 0 Å². The number of rotatable bonds is 4. The first-order valence-corrected chi connectivity index (χ1v) is 6.76. The molecule has 0 fully saturated rings. The molecule has 2 aromatic rings. The van der Waals surface area contributed by atoms with Crippen LogP contribution in [0.3, 0.4) is 0 Å². The van der Waals surface area contributed by atoms with Gasteiger partial charge in [0, 0.05) is 11.8 Å². The van der Waals surface area contributed by atoms with Crippen LogP contribution in [0.2, 0.25) is 5.28 Å². The molecule has 4 heteroatoms. The van der Waals surface area contributed by atoms with E-state index in [0.717, 1.165) is 17.9 Å². The summed E-state index contributed by atoms with van der Waals surface area (Å²) >= 11 is 5.84. The maximum atomic E-state index is 5.86. The number of aryl methyl sites for hydroxylation is 1. The second-order valence-corrected chi connectivity index (χ2v) is 4.90. The molecule has 0 amide bonds. The molecule has 1 heterocycles. The highest BCUT2D eigenvalue weighted by atomic mass is 35.5. The Labute approximate surface area is 118 Å². The lowest BCUT2D eigenvalue weighted by Crippen LogP contribution is -1.98. The molecule has 0 radical (unpaired) electrons. The normalized spacial score (nSPS) is 12.2. The summed E-state index contributed by atoms with van der Waals surface area (Å²) in [6.07, 6.45) is 1.06. The number of aromatic nitrogens is 2. The van der Waals surface area contributed by atoms with Crippen LogP contribution in [-0.2, 0) is 0 Å². The van der Waals surface area contributed by atoms with Gasteiger partial charge >= 0.3 is 0 Å². The molecular weight excluding hydrogens is 260 g/mol. The van der Waals surface area contributed by atoms with Crippen molar-refractivity contribution in [3.63, 3.8) is 0 Å². The lowest BCUT2D eigenvalue weighted by molar-refractivity contribution is 0.450. The van der Waals surface area contributed by atoms with Crippen LogP contribution in [0.15, 0.2) is 30.3 Å². The van der Waals surface area contributed by atoms with Gasteiger partial charge in [-0.1, -0.05) is 32.0 Å². The minimum absolute atomic E-state index is 0.205. The second kappa shape index (κ2) is 6.02. The number of benzene rings is 1.